The van der Waals surface area contributed by atoms with Gasteiger partial charge in [0.1, 0.15) is 0 Å². The smallest absolute Gasteiger partial charge is 0.0571 e. The predicted octanol–water partition coefficient (Wildman–Crippen LogP) is -1.03. The van der Waals surface area contributed by atoms with Crippen LogP contribution < -0.4 is 11.3 Å². The van der Waals surface area contributed by atoms with Crippen molar-refractivity contribution in [2.45, 2.75) is 25.0 Å². The molecule has 0 aliphatic heterocycles. The highest BCUT2D eigenvalue weighted by Gasteiger charge is 2.25. The van der Waals surface area contributed by atoms with E-state index in [4.69, 9.17) is 10.9 Å². The minimum atomic E-state index is -0.0963. The number of nitrogens with one attached hydrogen (secondary N) is 1. The lowest BCUT2D eigenvalue weighted by Gasteiger charge is -2.30. The van der Waals surface area contributed by atoms with Gasteiger partial charge >= 0.3 is 0 Å². The third-order valence-corrected chi connectivity index (χ3v) is 1.35. The van der Waals surface area contributed by atoms with E-state index in [1.165, 1.54) is 0 Å². The topological polar surface area (TPSA) is 58.3 Å². The Morgan fingerprint density at radius 1 is 1.57 bits per heavy atom. The highest BCUT2D eigenvalue weighted by molar-refractivity contribution is 4.82. The van der Waals surface area contributed by atoms with Crippen molar-refractivity contribution in [1.29, 1.82) is 0 Å². The van der Waals surface area contributed by atoms with Crippen LogP contribution in [0.15, 0.2) is 0 Å². The van der Waals surface area contributed by atoms with Gasteiger partial charge in [-0.05, 0) is 12.8 Å². The summed E-state index contributed by atoms with van der Waals surface area (Å²) in [7, 11) is 0. The van der Waals surface area contributed by atoms with Crippen molar-refractivity contribution >= 4 is 0 Å². The molecule has 4 N–H and O–H groups in total. The van der Waals surface area contributed by atoms with E-state index in [0.29, 0.717) is 6.04 Å². The molecule has 0 bridgehead atoms. The lowest BCUT2D eigenvalue weighted by atomic mass is 9.90. The maximum Gasteiger partial charge on any atom is 0.0571 e. The SMILES string of the molecule is NN[C@H]1C[C@@H](O)C1. The first-order chi connectivity index (χ1) is 3.33. The Labute approximate surface area is 42.5 Å². The van der Waals surface area contributed by atoms with E-state index in [1.54, 1.807) is 0 Å². The maximum absolute atomic E-state index is 8.65. The van der Waals surface area contributed by atoms with E-state index in [2.05, 4.69) is 5.43 Å². The zero-order valence-corrected chi connectivity index (χ0v) is 4.09. The van der Waals surface area contributed by atoms with Crippen LogP contribution in [0.1, 0.15) is 12.8 Å². The molecular formula is C4H10N2O. The van der Waals surface area contributed by atoms with Crippen LogP contribution >= 0.6 is 0 Å². The summed E-state index contributed by atoms with van der Waals surface area (Å²) < 4.78 is 0. The summed E-state index contributed by atoms with van der Waals surface area (Å²) in [5, 5.41) is 8.65. The molecule has 0 radical (unpaired) electrons. The van der Waals surface area contributed by atoms with Gasteiger partial charge in [0, 0.05) is 6.04 Å². The average molecular weight is 102 g/mol. The van der Waals surface area contributed by atoms with Gasteiger partial charge in [0.2, 0.25) is 0 Å². The second-order valence-corrected chi connectivity index (χ2v) is 1.99. The molecule has 0 heterocycles. The third kappa shape index (κ3) is 0.907. The van der Waals surface area contributed by atoms with Gasteiger partial charge in [-0.25, -0.2) is 0 Å². The van der Waals surface area contributed by atoms with Crippen LogP contribution in [0.3, 0.4) is 0 Å². The van der Waals surface area contributed by atoms with E-state index in [9.17, 15) is 0 Å². The molecular weight excluding hydrogens is 92.1 g/mol. The molecule has 0 saturated heterocycles. The van der Waals surface area contributed by atoms with E-state index in [-0.39, 0.29) is 6.10 Å². The Kier molecular flexibility index (Phi) is 1.27. The van der Waals surface area contributed by atoms with Crippen molar-refractivity contribution in [2.75, 3.05) is 0 Å². The van der Waals surface area contributed by atoms with Crippen LogP contribution in [-0.2, 0) is 0 Å². The Hall–Kier alpha value is -0.120. The fourth-order valence-electron chi connectivity index (χ4n) is 0.724. The third-order valence-electron chi connectivity index (χ3n) is 1.35. The summed E-state index contributed by atoms with van der Waals surface area (Å²) in [5.74, 6) is 5.03. The molecule has 1 aliphatic carbocycles. The lowest BCUT2D eigenvalue weighted by Crippen LogP contribution is -2.47. The van der Waals surface area contributed by atoms with Gasteiger partial charge in [0.05, 0.1) is 6.10 Å². The van der Waals surface area contributed by atoms with Crippen LogP contribution in [-0.4, -0.2) is 17.3 Å². The normalized spacial score (nSPS) is 40.3. The number of rotatable bonds is 1. The number of hydrazine groups is 1. The highest BCUT2D eigenvalue weighted by Crippen LogP contribution is 2.17. The average Bonchev–Trinajstić information content (AvgIpc) is 1.58. The monoisotopic (exact) mass is 102 g/mol. The molecule has 1 aliphatic rings. The minimum absolute atomic E-state index is 0.0963. The van der Waals surface area contributed by atoms with Gasteiger partial charge < -0.3 is 5.11 Å². The molecule has 1 fully saturated rings. The lowest BCUT2D eigenvalue weighted by molar-refractivity contribution is 0.0628. The molecule has 0 aromatic rings. The summed E-state index contributed by atoms with van der Waals surface area (Å²) in [6.45, 7) is 0. The van der Waals surface area contributed by atoms with Crippen LogP contribution in [0.4, 0.5) is 0 Å². The van der Waals surface area contributed by atoms with E-state index in [1.807, 2.05) is 0 Å². The van der Waals surface area contributed by atoms with Crippen molar-refractivity contribution in [1.82, 2.24) is 5.43 Å². The Bertz CT molecular complexity index is 60.7. The Morgan fingerprint density at radius 3 is 2.29 bits per heavy atom. The number of aliphatic hydroxyl groups excluding tert-OH is 1. The Morgan fingerprint density at radius 2 is 2.14 bits per heavy atom. The first kappa shape index (κ1) is 5.03. The van der Waals surface area contributed by atoms with Crippen LogP contribution in [0.5, 0.6) is 0 Å². The number of nitrogens with two attached hydrogens (primary N) is 1. The fourth-order valence-corrected chi connectivity index (χ4v) is 0.724. The second kappa shape index (κ2) is 1.78. The summed E-state index contributed by atoms with van der Waals surface area (Å²) >= 11 is 0. The minimum Gasteiger partial charge on any atom is -0.393 e. The van der Waals surface area contributed by atoms with Crippen molar-refractivity contribution in [3.63, 3.8) is 0 Å². The van der Waals surface area contributed by atoms with Gasteiger partial charge in [-0.3, -0.25) is 11.3 Å². The van der Waals surface area contributed by atoms with Gasteiger partial charge in [0.15, 0.2) is 0 Å². The molecule has 1 rings (SSSR count). The standard InChI is InChI=1S/C4H10N2O/c5-6-3-1-4(7)2-3/h3-4,6-7H,1-2,5H2/t3-,4+. The highest BCUT2D eigenvalue weighted by atomic mass is 16.3. The molecule has 0 aromatic heterocycles. The molecule has 0 atom stereocenters. The first-order valence-corrected chi connectivity index (χ1v) is 2.47. The van der Waals surface area contributed by atoms with E-state index < -0.39 is 0 Å². The van der Waals surface area contributed by atoms with Crippen LogP contribution in [0.25, 0.3) is 0 Å². The number of hydrogen-bond acceptors (Lipinski definition) is 3. The molecule has 0 spiro atoms. The largest absolute Gasteiger partial charge is 0.393 e. The van der Waals surface area contributed by atoms with E-state index in [0.717, 1.165) is 12.8 Å². The first-order valence-electron chi connectivity index (χ1n) is 2.47. The molecule has 0 aromatic carbocycles. The number of aliphatic hydroxyl groups is 1. The second-order valence-electron chi connectivity index (χ2n) is 1.99. The zero-order chi connectivity index (χ0) is 5.28. The summed E-state index contributed by atoms with van der Waals surface area (Å²) in [5.41, 5.74) is 2.57. The van der Waals surface area contributed by atoms with Crippen molar-refractivity contribution in [3.05, 3.63) is 0 Å². The van der Waals surface area contributed by atoms with E-state index >= 15 is 0 Å². The van der Waals surface area contributed by atoms with Crippen molar-refractivity contribution in [2.24, 2.45) is 5.84 Å². The fraction of sp³-hybridized carbons (Fsp3) is 1.00. The molecule has 0 unspecified atom stereocenters. The van der Waals surface area contributed by atoms with Crippen molar-refractivity contribution < 1.29 is 5.11 Å². The van der Waals surface area contributed by atoms with Crippen LogP contribution in [0.2, 0.25) is 0 Å². The molecule has 7 heavy (non-hydrogen) atoms. The zero-order valence-electron chi connectivity index (χ0n) is 4.09. The molecule has 42 valence electrons. The van der Waals surface area contributed by atoms with Crippen molar-refractivity contribution in [3.8, 4) is 0 Å². The quantitative estimate of drug-likeness (QED) is 0.293. The maximum atomic E-state index is 8.65. The molecule has 3 nitrogen and oxygen atoms in total. The predicted molar refractivity (Wildman–Crippen MR) is 26.4 cm³/mol. The summed E-state index contributed by atoms with van der Waals surface area (Å²) in [6.07, 6.45) is 1.54. The summed E-state index contributed by atoms with van der Waals surface area (Å²) in [4.78, 5) is 0. The van der Waals surface area contributed by atoms with Crippen LogP contribution in [0, 0.1) is 0 Å². The Balaban J connectivity index is 2.06. The molecule has 1 saturated carbocycles. The summed E-state index contributed by atoms with van der Waals surface area (Å²) in [6, 6.07) is 0.370. The van der Waals surface area contributed by atoms with Gasteiger partial charge in [-0.1, -0.05) is 0 Å². The van der Waals surface area contributed by atoms with Gasteiger partial charge in [0.25, 0.3) is 0 Å². The number of hydrogen-bond donors (Lipinski definition) is 3. The van der Waals surface area contributed by atoms with Gasteiger partial charge in [-0.2, -0.15) is 0 Å². The molecule has 0 amide bonds. The van der Waals surface area contributed by atoms with Gasteiger partial charge in [-0.15, -0.1) is 0 Å². The molecule has 3 heteroatoms.